The van der Waals surface area contributed by atoms with Gasteiger partial charge in [0.05, 0.1) is 19.1 Å². The van der Waals surface area contributed by atoms with Crippen LogP contribution in [0.25, 0.3) is 0 Å². The van der Waals surface area contributed by atoms with Crippen molar-refractivity contribution < 1.29 is 33.6 Å². The van der Waals surface area contributed by atoms with Gasteiger partial charge >= 0.3 is 6.03 Å². The zero-order valence-electron chi connectivity index (χ0n) is 40.0. The predicted octanol–water partition coefficient (Wildman–Crippen LogP) is 11.3. The van der Waals surface area contributed by atoms with Crippen LogP contribution in [0.15, 0.2) is 82.9 Å². The molecule has 2 aliphatic rings. The summed E-state index contributed by atoms with van der Waals surface area (Å²) in [5.74, 6) is 3.50. The highest BCUT2D eigenvalue weighted by molar-refractivity contribution is 7.14. The minimum atomic E-state index is -0.437. The van der Waals surface area contributed by atoms with Crippen LogP contribution in [0.5, 0.6) is 11.5 Å². The zero-order valence-corrected chi connectivity index (χ0v) is 41.5. The number of para-hydroxylation sites is 1. The van der Waals surface area contributed by atoms with Crippen LogP contribution in [0.1, 0.15) is 103 Å². The number of primary amides is 1. The number of urea groups is 1. The number of thiazole rings is 1. The molecule has 0 aliphatic heterocycles. The molecule has 1 heterocycles. The normalized spacial score (nSPS) is 15.0. The molecule has 14 nitrogen and oxygen atoms in total. The van der Waals surface area contributed by atoms with Gasteiger partial charge in [-0.1, -0.05) is 93.4 Å². The molecular formula is C48H71ClN6O8S. The second kappa shape index (κ2) is 33.0. The van der Waals surface area contributed by atoms with Gasteiger partial charge in [-0.25, -0.2) is 9.78 Å². The van der Waals surface area contributed by atoms with E-state index in [0.717, 1.165) is 42.2 Å². The molecule has 3 amide bonds. The SMILES string of the molecule is CC1=CC2C=CC=CC2C1.CCC(C)C(C)NC(N)=O.CCCC(C)=O.CCc1ccccc1[N+](=O)[O-].CO/N=C(\C)c1csc(NC(=O)CCl)n1.COc1cc(C)c(C)cc1OC. The van der Waals surface area contributed by atoms with Crippen molar-refractivity contribution in [3.05, 3.63) is 110 Å². The molecule has 3 aromatic rings. The van der Waals surface area contributed by atoms with E-state index >= 15 is 0 Å². The van der Waals surface area contributed by atoms with Gasteiger partial charge in [-0.15, -0.1) is 22.9 Å². The lowest BCUT2D eigenvalue weighted by atomic mass is 9.91. The highest BCUT2D eigenvalue weighted by Crippen LogP contribution is 2.34. The number of alkyl halides is 1. The molecule has 0 saturated heterocycles. The fraction of sp³-hybridized carbons (Fsp3) is 0.479. The number of aromatic nitrogens is 1. The number of anilines is 1. The number of oxime groups is 1. The number of rotatable bonds is 13. The van der Waals surface area contributed by atoms with Crippen molar-refractivity contribution in [2.24, 2.45) is 28.6 Å². The molecule has 5 rings (SSSR count). The largest absolute Gasteiger partial charge is 0.493 e. The monoisotopic (exact) mass is 926 g/mol. The number of nitro benzene ring substituents is 1. The van der Waals surface area contributed by atoms with Crippen LogP contribution in [-0.2, 0) is 20.8 Å². The topological polar surface area (TPSA) is 197 Å². The van der Waals surface area contributed by atoms with E-state index in [1.807, 2.05) is 39.0 Å². The van der Waals surface area contributed by atoms with Gasteiger partial charge in [-0.05, 0) is 95.9 Å². The third kappa shape index (κ3) is 23.8. The number of benzene rings is 2. The Morgan fingerprint density at radius 1 is 1.00 bits per heavy atom. The predicted molar refractivity (Wildman–Crippen MR) is 263 cm³/mol. The highest BCUT2D eigenvalue weighted by Gasteiger charge is 2.22. The Labute approximate surface area is 389 Å². The summed E-state index contributed by atoms with van der Waals surface area (Å²) in [5.41, 5.74) is 11.2. The fourth-order valence-electron chi connectivity index (χ4n) is 5.80. The van der Waals surface area contributed by atoms with Crippen LogP contribution in [0.4, 0.5) is 15.6 Å². The number of carbonyl (C=O) groups excluding carboxylic acids is 3. The van der Waals surface area contributed by atoms with Crippen LogP contribution >= 0.6 is 22.9 Å². The quantitative estimate of drug-likeness (QED) is 0.0491. The summed E-state index contributed by atoms with van der Waals surface area (Å²) in [4.78, 5) is 50.1. The van der Waals surface area contributed by atoms with Gasteiger partial charge in [-0.3, -0.25) is 14.9 Å². The number of nitrogens with zero attached hydrogens (tertiary/aromatic N) is 3. The summed E-state index contributed by atoms with van der Waals surface area (Å²) >= 11 is 6.65. The Hall–Kier alpha value is -5.54. The smallest absolute Gasteiger partial charge is 0.312 e. The second-order valence-electron chi connectivity index (χ2n) is 15.0. The number of ether oxygens (including phenoxy) is 2. The Bertz CT molecular complexity index is 1990. The van der Waals surface area contributed by atoms with Gasteiger partial charge in [0.25, 0.3) is 5.69 Å². The third-order valence-electron chi connectivity index (χ3n) is 9.84. The van der Waals surface area contributed by atoms with Crippen molar-refractivity contribution in [3.63, 3.8) is 0 Å². The van der Waals surface area contributed by atoms with Gasteiger partial charge in [-0.2, -0.15) is 0 Å². The van der Waals surface area contributed by atoms with Gasteiger partial charge < -0.3 is 35.5 Å². The standard InChI is InChI=1S/C10H14O2.C10H12.C8H10ClN3O2S.C8H9NO2.C7H16N2O.C5H10O/c1-7-5-9(11-3)10(12-4)6-8(7)2;1-8-6-9-4-2-3-5-10(9)7-8;1-5(12-14-2)6-4-15-8(10-6)11-7(13)3-9;1-2-7-5-3-4-6-8(7)9(10)11;1-4-5(2)6(3)9-7(8)10;1-3-4-5(2)6/h5-6H,1-4H3;2-6,9-10H,7H2,1H3;4H,3H2,1-2H3,(H,10,11,13);3-6H,2H2,1H3;5-6H,4H2,1-3H3,(H3,8,9,10);3-4H2,1-2H3/b;;12-5+;;;. The summed E-state index contributed by atoms with van der Waals surface area (Å²) in [6.07, 6.45) is 16.0. The molecule has 0 saturated carbocycles. The average molecular weight is 928 g/mol. The van der Waals surface area contributed by atoms with E-state index in [9.17, 15) is 24.5 Å². The number of ketones is 1. The molecule has 64 heavy (non-hydrogen) atoms. The number of allylic oxidation sites excluding steroid dienone is 6. The maximum Gasteiger partial charge on any atom is 0.312 e. The maximum absolute atomic E-state index is 11.0. The molecule has 1 aromatic heterocycles. The molecule has 0 bridgehead atoms. The van der Waals surface area contributed by atoms with E-state index in [2.05, 4.69) is 90.6 Å². The number of amides is 3. The number of methoxy groups -OCH3 is 2. The van der Waals surface area contributed by atoms with Crippen molar-refractivity contribution in [2.75, 3.05) is 32.5 Å². The van der Waals surface area contributed by atoms with Crippen LogP contribution in [0.3, 0.4) is 0 Å². The molecule has 4 unspecified atom stereocenters. The number of nitrogens with two attached hydrogens (primary N) is 1. The van der Waals surface area contributed by atoms with Crippen LogP contribution in [0, 0.1) is 41.7 Å². The maximum atomic E-state index is 11.0. The minimum absolute atomic E-state index is 0.0833. The number of nitro groups is 1. The van der Waals surface area contributed by atoms with Gasteiger partial charge in [0.2, 0.25) is 5.91 Å². The Kier molecular flexibility index (Phi) is 30.2. The molecule has 4 N–H and O–H groups in total. The number of aryl methyl sites for hydroxylation is 3. The van der Waals surface area contributed by atoms with Crippen LogP contribution in [0.2, 0.25) is 0 Å². The van der Waals surface area contributed by atoms with E-state index in [-0.39, 0.29) is 34.2 Å². The van der Waals surface area contributed by atoms with Crippen LogP contribution < -0.4 is 25.8 Å². The minimum Gasteiger partial charge on any atom is -0.493 e. The molecular weight excluding hydrogens is 856 g/mol. The number of fused-ring (bicyclic) bond motifs is 1. The van der Waals surface area contributed by atoms with E-state index < -0.39 is 6.03 Å². The van der Waals surface area contributed by atoms with Gasteiger partial charge in [0.1, 0.15) is 30.2 Å². The van der Waals surface area contributed by atoms with Crippen molar-refractivity contribution in [1.82, 2.24) is 10.3 Å². The summed E-state index contributed by atoms with van der Waals surface area (Å²) in [6, 6.07) is 10.5. The number of hydrogen-bond donors (Lipinski definition) is 3. The summed E-state index contributed by atoms with van der Waals surface area (Å²) in [5, 5.41) is 21.6. The molecule has 0 radical (unpaired) electrons. The van der Waals surface area contributed by atoms with E-state index in [4.69, 9.17) is 26.8 Å². The van der Waals surface area contributed by atoms with Crippen molar-refractivity contribution in [1.29, 1.82) is 0 Å². The molecule has 2 aromatic carbocycles. The van der Waals surface area contributed by atoms with Gasteiger partial charge in [0, 0.05) is 35.4 Å². The van der Waals surface area contributed by atoms with Crippen LogP contribution in [-0.4, -0.2) is 66.6 Å². The average Bonchev–Trinajstić information content (AvgIpc) is 3.90. The lowest BCUT2D eigenvalue weighted by molar-refractivity contribution is -0.385. The Morgan fingerprint density at radius 3 is 2.03 bits per heavy atom. The van der Waals surface area contributed by atoms with E-state index in [0.29, 0.717) is 34.8 Å². The number of halogens is 1. The summed E-state index contributed by atoms with van der Waals surface area (Å²) in [6.45, 7) is 19.7. The molecule has 354 valence electrons. The first-order valence-corrected chi connectivity index (χ1v) is 22.6. The lowest BCUT2D eigenvalue weighted by Crippen LogP contribution is -2.40. The highest BCUT2D eigenvalue weighted by atomic mass is 35.5. The van der Waals surface area contributed by atoms with Crippen molar-refractivity contribution in [2.45, 2.75) is 107 Å². The Balaban J connectivity index is 0.000000757. The first kappa shape index (κ1) is 58.5. The van der Waals surface area contributed by atoms with Crippen molar-refractivity contribution >= 4 is 57.2 Å². The molecule has 0 fully saturated rings. The number of Topliss-reactive ketones (excluding diaryl/α,β-unsaturated/α-hetero) is 1. The molecule has 0 spiro atoms. The van der Waals surface area contributed by atoms with E-state index in [1.54, 1.807) is 51.2 Å². The first-order chi connectivity index (χ1) is 30.3. The summed E-state index contributed by atoms with van der Waals surface area (Å²) < 4.78 is 10.3. The first-order valence-electron chi connectivity index (χ1n) is 21.2. The third-order valence-corrected chi connectivity index (χ3v) is 10.8. The Morgan fingerprint density at radius 2 is 1.59 bits per heavy atom. The number of carbonyl (C=O) groups is 3. The number of nitrogens with one attached hydrogen (secondary N) is 2. The zero-order chi connectivity index (χ0) is 48.8. The molecule has 4 atom stereocenters. The summed E-state index contributed by atoms with van der Waals surface area (Å²) in [7, 11) is 4.76. The fourth-order valence-corrected chi connectivity index (χ4v) is 6.64. The second-order valence-corrected chi connectivity index (χ2v) is 16.1. The van der Waals surface area contributed by atoms with E-state index in [1.165, 1.54) is 42.1 Å². The number of hydrogen-bond acceptors (Lipinski definition) is 11. The molecule has 2 aliphatic carbocycles. The lowest BCUT2D eigenvalue weighted by Gasteiger charge is -2.17. The van der Waals surface area contributed by atoms with Crippen molar-refractivity contribution in [3.8, 4) is 11.5 Å². The molecule has 16 heteroatoms. The van der Waals surface area contributed by atoms with Gasteiger partial charge in [0.15, 0.2) is 16.6 Å².